The minimum absolute atomic E-state index is 0.0539. The van der Waals surface area contributed by atoms with Crippen molar-refractivity contribution >= 4 is 22.9 Å². The molecule has 0 radical (unpaired) electrons. The average molecular weight is 407 g/mol. The van der Waals surface area contributed by atoms with E-state index >= 15 is 0 Å². The summed E-state index contributed by atoms with van der Waals surface area (Å²) in [6.45, 7) is 0. The number of nitrogens with one attached hydrogen (secondary N) is 1. The molecule has 0 saturated heterocycles. The number of carbonyl (C=O) groups is 1. The van der Waals surface area contributed by atoms with Gasteiger partial charge < -0.3 is 14.8 Å². The van der Waals surface area contributed by atoms with Crippen LogP contribution in [0.1, 0.15) is 11.1 Å². The molecule has 0 fully saturated rings. The Kier molecular flexibility index (Phi) is 5.89. The summed E-state index contributed by atoms with van der Waals surface area (Å²) in [6, 6.07) is 11.4. The van der Waals surface area contributed by atoms with Crippen LogP contribution in [0.15, 0.2) is 59.3 Å². The maximum absolute atomic E-state index is 13.1. The van der Waals surface area contributed by atoms with Crippen LogP contribution in [0.5, 0.6) is 17.2 Å². The summed E-state index contributed by atoms with van der Waals surface area (Å²) in [4.78, 5) is 12.3. The second kappa shape index (κ2) is 8.35. The highest BCUT2D eigenvalue weighted by molar-refractivity contribution is 7.08. The fourth-order valence-electron chi connectivity index (χ4n) is 2.46. The lowest BCUT2D eigenvalue weighted by molar-refractivity contribution is -0.137. The topological polar surface area (TPSA) is 47.6 Å². The molecule has 2 aromatic carbocycles. The van der Waals surface area contributed by atoms with Crippen LogP contribution in [0.2, 0.25) is 0 Å². The first kappa shape index (κ1) is 19.8. The highest BCUT2D eigenvalue weighted by Gasteiger charge is 2.31. The standard InChI is InChI=1S/C20H16F3NO3S/c1-26-15-3-2-4-16(11-15)27-18-6-5-14(20(21,22)23)10-17(18)24-19(25)9-13-7-8-28-12-13/h2-8,10-12H,9H2,1H3,(H,24,25). The van der Waals surface area contributed by atoms with Crippen LogP contribution in [0, 0.1) is 0 Å². The number of hydrogen-bond acceptors (Lipinski definition) is 4. The summed E-state index contributed by atoms with van der Waals surface area (Å²) in [7, 11) is 1.49. The maximum Gasteiger partial charge on any atom is 0.416 e. The Labute approximate surface area is 163 Å². The van der Waals surface area contributed by atoms with Gasteiger partial charge in [-0.2, -0.15) is 24.5 Å². The van der Waals surface area contributed by atoms with Gasteiger partial charge in [0, 0.05) is 6.07 Å². The number of hydrogen-bond donors (Lipinski definition) is 1. The molecule has 0 bridgehead atoms. The molecule has 0 atom stereocenters. The summed E-state index contributed by atoms with van der Waals surface area (Å²) >= 11 is 1.44. The van der Waals surface area contributed by atoms with Gasteiger partial charge in [-0.25, -0.2) is 0 Å². The molecule has 1 aromatic heterocycles. The second-order valence-electron chi connectivity index (χ2n) is 5.85. The Morgan fingerprint density at radius 2 is 1.89 bits per heavy atom. The van der Waals surface area contributed by atoms with E-state index in [4.69, 9.17) is 9.47 Å². The van der Waals surface area contributed by atoms with Crippen LogP contribution < -0.4 is 14.8 Å². The van der Waals surface area contributed by atoms with E-state index in [1.54, 1.807) is 35.7 Å². The average Bonchev–Trinajstić information content (AvgIpc) is 3.15. The molecule has 0 spiro atoms. The Morgan fingerprint density at radius 3 is 2.57 bits per heavy atom. The van der Waals surface area contributed by atoms with Gasteiger partial charge in [-0.1, -0.05) is 6.07 Å². The van der Waals surface area contributed by atoms with Gasteiger partial charge in [-0.05, 0) is 52.7 Å². The van der Waals surface area contributed by atoms with Gasteiger partial charge >= 0.3 is 6.18 Å². The molecule has 3 aromatic rings. The third kappa shape index (κ3) is 5.04. The van der Waals surface area contributed by atoms with E-state index in [-0.39, 0.29) is 17.9 Å². The predicted molar refractivity (Wildman–Crippen MR) is 101 cm³/mol. The van der Waals surface area contributed by atoms with E-state index in [1.165, 1.54) is 24.5 Å². The number of alkyl halides is 3. The zero-order valence-corrected chi connectivity index (χ0v) is 15.6. The Morgan fingerprint density at radius 1 is 1.11 bits per heavy atom. The van der Waals surface area contributed by atoms with Crippen molar-refractivity contribution in [2.75, 3.05) is 12.4 Å². The van der Waals surface area contributed by atoms with E-state index in [1.807, 2.05) is 5.38 Å². The van der Waals surface area contributed by atoms with Gasteiger partial charge in [0.25, 0.3) is 0 Å². The van der Waals surface area contributed by atoms with Crippen molar-refractivity contribution in [2.45, 2.75) is 12.6 Å². The predicted octanol–water partition coefficient (Wildman–Crippen LogP) is 5.75. The molecule has 0 aliphatic rings. The van der Waals surface area contributed by atoms with Gasteiger partial charge in [0.15, 0.2) is 5.75 Å². The SMILES string of the molecule is COc1cccc(Oc2ccc(C(F)(F)F)cc2NC(=O)Cc2ccsc2)c1. The number of ether oxygens (including phenoxy) is 2. The number of carbonyl (C=O) groups excluding carboxylic acids is 1. The molecule has 0 aliphatic carbocycles. The van der Waals surface area contributed by atoms with E-state index in [0.29, 0.717) is 11.5 Å². The van der Waals surface area contributed by atoms with Gasteiger partial charge in [-0.15, -0.1) is 0 Å². The molecule has 146 valence electrons. The normalized spacial score (nSPS) is 11.1. The number of thiophene rings is 1. The molecule has 1 amide bonds. The zero-order valence-electron chi connectivity index (χ0n) is 14.7. The van der Waals surface area contributed by atoms with Crippen molar-refractivity contribution < 1.29 is 27.4 Å². The number of methoxy groups -OCH3 is 1. The van der Waals surface area contributed by atoms with Crippen molar-refractivity contribution in [1.29, 1.82) is 0 Å². The van der Waals surface area contributed by atoms with Gasteiger partial charge in [-0.3, -0.25) is 4.79 Å². The van der Waals surface area contributed by atoms with Gasteiger partial charge in [0.05, 0.1) is 24.8 Å². The van der Waals surface area contributed by atoms with Crippen LogP contribution in [0.25, 0.3) is 0 Å². The summed E-state index contributed by atoms with van der Waals surface area (Å²) in [5, 5.41) is 6.15. The Balaban J connectivity index is 1.88. The molecule has 0 aliphatic heterocycles. The number of rotatable bonds is 6. The lowest BCUT2D eigenvalue weighted by Crippen LogP contribution is -2.15. The first-order chi connectivity index (χ1) is 13.3. The van der Waals surface area contributed by atoms with Crippen molar-refractivity contribution in [1.82, 2.24) is 0 Å². The quantitative estimate of drug-likeness (QED) is 0.566. The molecule has 0 saturated carbocycles. The molecule has 1 N–H and O–H groups in total. The first-order valence-corrected chi connectivity index (χ1v) is 9.13. The molecule has 4 nitrogen and oxygen atoms in total. The van der Waals surface area contributed by atoms with Crippen molar-refractivity contribution in [2.24, 2.45) is 0 Å². The zero-order chi connectivity index (χ0) is 20.1. The molecular formula is C20H16F3NO3S. The van der Waals surface area contributed by atoms with Crippen LogP contribution in [0.4, 0.5) is 18.9 Å². The minimum Gasteiger partial charge on any atom is -0.497 e. The molecule has 1 heterocycles. The van der Waals surface area contributed by atoms with Crippen molar-refractivity contribution in [3.63, 3.8) is 0 Å². The second-order valence-corrected chi connectivity index (χ2v) is 6.63. The monoisotopic (exact) mass is 407 g/mol. The van der Waals surface area contributed by atoms with E-state index in [0.717, 1.165) is 17.7 Å². The van der Waals surface area contributed by atoms with Crippen LogP contribution >= 0.6 is 11.3 Å². The fourth-order valence-corrected chi connectivity index (χ4v) is 3.13. The Bertz CT molecular complexity index is 956. The fraction of sp³-hybridized carbons (Fsp3) is 0.150. The lowest BCUT2D eigenvalue weighted by atomic mass is 10.1. The number of anilines is 1. The van der Waals surface area contributed by atoms with Crippen molar-refractivity contribution in [3.05, 3.63) is 70.4 Å². The van der Waals surface area contributed by atoms with Crippen LogP contribution in [-0.4, -0.2) is 13.0 Å². The lowest BCUT2D eigenvalue weighted by Gasteiger charge is -2.15. The van der Waals surface area contributed by atoms with E-state index in [2.05, 4.69) is 5.32 Å². The molecule has 28 heavy (non-hydrogen) atoms. The molecule has 8 heteroatoms. The number of amides is 1. The minimum atomic E-state index is -4.54. The van der Waals surface area contributed by atoms with Gasteiger partial charge in [0.2, 0.25) is 5.91 Å². The number of benzene rings is 2. The first-order valence-electron chi connectivity index (χ1n) is 8.19. The van der Waals surface area contributed by atoms with Crippen LogP contribution in [0.3, 0.4) is 0 Å². The van der Waals surface area contributed by atoms with Crippen molar-refractivity contribution in [3.8, 4) is 17.2 Å². The third-order valence-electron chi connectivity index (χ3n) is 3.79. The maximum atomic E-state index is 13.1. The highest BCUT2D eigenvalue weighted by Crippen LogP contribution is 2.37. The summed E-state index contributed by atoms with van der Waals surface area (Å²) in [6.07, 6.45) is -4.49. The highest BCUT2D eigenvalue weighted by atomic mass is 32.1. The van der Waals surface area contributed by atoms with E-state index < -0.39 is 17.6 Å². The van der Waals surface area contributed by atoms with Gasteiger partial charge in [0.1, 0.15) is 11.5 Å². The van der Waals surface area contributed by atoms with Crippen LogP contribution in [-0.2, 0) is 17.4 Å². The summed E-state index contributed by atoms with van der Waals surface area (Å²) in [5.74, 6) is 0.563. The molecule has 0 unspecified atom stereocenters. The van der Waals surface area contributed by atoms with E-state index in [9.17, 15) is 18.0 Å². The molecule has 3 rings (SSSR count). The Hall–Kier alpha value is -3.00. The summed E-state index contributed by atoms with van der Waals surface area (Å²) < 4.78 is 50.1. The number of halogens is 3. The summed E-state index contributed by atoms with van der Waals surface area (Å²) in [5.41, 5.74) is -0.154. The third-order valence-corrected chi connectivity index (χ3v) is 4.53. The largest absolute Gasteiger partial charge is 0.497 e. The molecular weight excluding hydrogens is 391 g/mol. The smallest absolute Gasteiger partial charge is 0.416 e.